The highest BCUT2D eigenvalue weighted by Crippen LogP contribution is 2.23. The van der Waals surface area contributed by atoms with Crippen LogP contribution >= 0.6 is 0 Å². The molecule has 2 fully saturated rings. The van der Waals surface area contributed by atoms with Gasteiger partial charge in [-0.3, -0.25) is 9.69 Å². The molecule has 2 aliphatic heterocycles. The lowest BCUT2D eigenvalue weighted by atomic mass is 10.0. The SMILES string of the molecule is O=C(O)Cn1cc(CNc2nc(NC3CCN(Cc4ccccc4)CC3)cc(N3CCOCC3)n2)nn1. The van der Waals surface area contributed by atoms with Crippen LogP contribution in [0.3, 0.4) is 0 Å². The molecule has 1 aromatic carbocycles. The van der Waals surface area contributed by atoms with Crippen molar-refractivity contribution >= 4 is 23.6 Å². The van der Waals surface area contributed by atoms with Gasteiger partial charge in [-0.05, 0) is 18.4 Å². The molecule has 5 rings (SSSR count). The molecule has 0 amide bonds. The summed E-state index contributed by atoms with van der Waals surface area (Å²) in [6.07, 6.45) is 3.69. The molecule has 0 bridgehead atoms. The number of carboxylic acid groups (broad SMARTS) is 1. The van der Waals surface area contributed by atoms with E-state index in [-0.39, 0.29) is 6.54 Å². The molecule has 12 nitrogen and oxygen atoms in total. The van der Waals surface area contributed by atoms with Gasteiger partial charge in [0.2, 0.25) is 5.95 Å². The maximum Gasteiger partial charge on any atom is 0.325 e. The highest BCUT2D eigenvalue weighted by Gasteiger charge is 2.21. The first-order chi connectivity index (χ1) is 18.1. The smallest absolute Gasteiger partial charge is 0.325 e. The maximum absolute atomic E-state index is 10.9. The van der Waals surface area contributed by atoms with E-state index >= 15 is 0 Å². The fraction of sp³-hybridized carbons (Fsp3) is 0.480. The molecule has 0 spiro atoms. The Morgan fingerprint density at radius 2 is 1.86 bits per heavy atom. The normalized spacial score (nSPS) is 17.0. The average molecular weight is 508 g/mol. The van der Waals surface area contributed by atoms with Crippen LogP contribution in [-0.4, -0.2) is 86.4 Å². The Bertz CT molecular complexity index is 1160. The number of carbonyl (C=O) groups is 1. The predicted octanol–water partition coefficient (Wildman–Crippen LogP) is 1.68. The van der Waals surface area contributed by atoms with Crippen molar-refractivity contribution in [1.82, 2.24) is 29.9 Å². The van der Waals surface area contributed by atoms with E-state index in [4.69, 9.17) is 19.8 Å². The molecular formula is C25H33N9O3. The Balaban J connectivity index is 1.22. The number of nitrogens with one attached hydrogen (secondary N) is 2. The van der Waals surface area contributed by atoms with Gasteiger partial charge in [0.05, 0.1) is 26.0 Å². The molecule has 3 N–H and O–H groups in total. The van der Waals surface area contributed by atoms with Crippen molar-refractivity contribution in [3.8, 4) is 0 Å². The first kappa shape index (κ1) is 24.9. The zero-order chi connectivity index (χ0) is 25.5. The number of hydrogen-bond donors (Lipinski definition) is 3. The van der Waals surface area contributed by atoms with E-state index < -0.39 is 5.97 Å². The third-order valence-electron chi connectivity index (χ3n) is 6.55. The van der Waals surface area contributed by atoms with Gasteiger partial charge in [0, 0.05) is 44.8 Å². The second-order valence-electron chi connectivity index (χ2n) is 9.37. The molecule has 2 aliphatic rings. The Morgan fingerprint density at radius 1 is 1.08 bits per heavy atom. The zero-order valence-corrected chi connectivity index (χ0v) is 20.8. The number of anilines is 3. The van der Waals surface area contributed by atoms with E-state index in [1.807, 2.05) is 6.07 Å². The van der Waals surface area contributed by atoms with Crippen LogP contribution in [0.5, 0.6) is 0 Å². The number of aromatic nitrogens is 5. The summed E-state index contributed by atoms with van der Waals surface area (Å²) in [5.41, 5.74) is 1.96. The van der Waals surface area contributed by atoms with Crippen LogP contribution in [0.2, 0.25) is 0 Å². The summed E-state index contributed by atoms with van der Waals surface area (Å²) in [5, 5.41) is 23.7. The summed E-state index contributed by atoms with van der Waals surface area (Å²) < 4.78 is 6.80. The third kappa shape index (κ3) is 7.14. The minimum Gasteiger partial charge on any atom is -0.480 e. The van der Waals surface area contributed by atoms with Gasteiger partial charge in [0.1, 0.15) is 23.9 Å². The number of ether oxygens (including phenoxy) is 1. The number of aliphatic carboxylic acids is 1. The first-order valence-corrected chi connectivity index (χ1v) is 12.7. The number of nitrogens with zero attached hydrogens (tertiary/aromatic N) is 7. The number of benzene rings is 1. The van der Waals surface area contributed by atoms with E-state index in [0.717, 1.165) is 57.2 Å². The number of likely N-dealkylation sites (tertiary alicyclic amines) is 1. The molecule has 4 heterocycles. The number of piperidine rings is 1. The molecule has 37 heavy (non-hydrogen) atoms. The molecule has 0 atom stereocenters. The molecule has 0 saturated carbocycles. The third-order valence-corrected chi connectivity index (χ3v) is 6.55. The van der Waals surface area contributed by atoms with Crippen molar-refractivity contribution in [1.29, 1.82) is 0 Å². The van der Waals surface area contributed by atoms with Gasteiger partial charge < -0.3 is 25.4 Å². The highest BCUT2D eigenvalue weighted by atomic mass is 16.5. The van der Waals surface area contributed by atoms with Gasteiger partial charge in [-0.1, -0.05) is 35.5 Å². The molecule has 0 radical (unpaired) electrons. The fourth-order valence-corrected chi connectivity index (χ4v) is 4.63. The Morgan fingerprint density at radius 3 is 2.62 bits per heavy atom. The molecule has 3 aromatic rings. The van der Waals surface area contributed by atoms with Gasteiger partial charge in [-0.15, -0.1) is 5.10 Å². The second-order valence-corrected chi connectivity index (χ2v) is 9.37. The van der Waals surface area contributed by atoms with Crippen molar-refractivity contribution in [2.75, 3.05) is 54.9 Å². The van der Waals surface area contributed by atoms with E-state index in [1.54, 1.807) is 6.20 Å². The van der Waals surface area contributed by atoms with Crippen molar-refractivity contribution in [2.24, 2.45) is 0 Å². The van der Waals surface area contributed by atoms with Crippen LogP contribution in [0.4, 0.5) is 17.6 Å². The first-order valence-electron chi connectivity index (χ1n) is 12.7. The van der Waals surface area contributed by atoms with Gasteiger partial charge in [-0.2, -0.15) is 9.97 Å². The van der Waals surface area contributed by atoms with Gasteiger partial charge in [0.15, 0.2) is 0 Å². The van der Waals surface area contributed by atoms with Crippen LogP contribution in [0.25, 0.3) is 0 Å². The fourth-order valence-electron chi connectivity index (χ4n) is 4.63. The monoisotopic (exact) mass is 507 g/mol. The van der Waals surface area contributed by atoms with Gasteiger partial charge in [0.25, 0.3) is 0 Å². The summed E-state index contributed by atoms with van der Waals surface area (Å²) in [6, 6.07) is 12.9. The Labute approximate surface area is 215 Å². The predicted molar refractivity (Wildman–Crippen MR) is 138 cm³/mol. The lowest BCUT2D eigenvalue weighted by Gasteiger charge is -2.33. The summed E-state index contributed by atoms with van der Waals surface area (Å²) in [5.74, 6) is 1.16. The van der Waals surface area contributed by atoms with Crippen LogP contribution in [0.1, 0.15) is 24.1 Å². The van der Waals surface area contributed by atoms with Gasteiger partial charge in [-0.25, -0.2) is 4.68 Å². The number of hydrogen-bond acceptors (Lipinski definition) is 10. The zero-order valence-electron chi connectivity index (χ0n) is 20.8. The van der Waals surface area contributed by atoms with Crippen molar-refractivity contribution < 1.29 is 14.6 Å². The van der Waals surface area contributed by atoms with Gasteiger partial charge >= 0.3 is 5.97 Å². The van der Waals surface area contributed by atoms with Crippen LogP contribution in [0.15, 0.2) is 42.6 Å². The lowest BCUT2D eigenvalue weighted by molar-refractivity contribution is -0.137. The molecule has 2 saturated heterocycles. The topological polar surface area (TPSA) is 134 Å². The molecule has 0 unspecified atom stereocenters. The van der Waals surface area contributed by atoms with Crippen LogP contribution < -0.4 is 15.5 Å². The lowest BCUT2D eigenvalue weighted by Crippen LogP contribution is -2.39. The van der Waals surface area contributed by atoms with Crippen molar-refractivity contribution in [3.63, 3.8) is 0 Å². The molecule has 2 aromatic heterocycles. The minimum atomic E-state index is -0.965. The molecule has 12 heteroatoms. The quantitative estimate of drug-likeness (QED) is 0.370. The van der Waals surface area contributed by atoms with Crippen LogP contribution in [0, 0.1) is 0 Å². The van der Waals surface area contributed by atoms with Crippen molar-refractivity contribution in [3.05, 3.63) is 53.9 Å². The number of carboxylic acids is 1. The minimum absolute atomic E-state index is 0.228. The van der Waals surface area contributed by atoms with Crippen LogP contribution in [-0.2, 0) is 29.2 Å². The summed E-state index contributed by atoms with van der Waals surface area (Å²) in [6.45, 7) is 6.04. The van der Waals surface area contributed by atoms with E-state index in [9.17, 15) is 4.79 Å². The molecule has 0 aliphatic carbocycles. The Hall–Kier alpha value is -3.77. The second kappa shape index (κ2) is 12.0. The number of rotatable bonds is 10. The molecular weight excluding hydrogens is 474 g/mol. The number of morpholine rings is 1. The van der Waals surface area contributed by atoms with E-state index in [0.29, 0.717) is 37.4 Å². The van der Waals surface area contributed by atoms with Crippen molar-refractivity contribution in [2.45, 2.75) is 38.5 Å². The average Bonchev–Trinajstić information content (AvgIpc) is 3.36. The molecule has 196 valence electrons. The highest BCUT2D eigenvalue weighted by molar-refractivity contribution is 5.66. The Kier molecular flexibility index (Phi) is 8.06. The summed E-state index contributed by atoms with van der Waals surface area (Å²) >= 11 is 0. The largest absolute Gasteiger partial charge is 0.480 e. The standard InChI is InChI=1S/C25H33N9O3/c35-24(36)18-34-17-21(30-31-34)15-26-25-28-22(14-23(29-25)33-10-12-37-13-11-33)27-20-6-8-32(9-7-20)16-19-4-2-1-3-5-19/h1-5,14,17,20H,6-13,15-16,18H2,(H,35,36)(H2,26,27,28,29). The van der Waals surface area contributed by atoms with E-state index in [2.05, 4.69) is 61.1 Å². The van der Waals surface area contributed by atoms with E-state index in [1.165, 1.54) is 10.2 Å². The maximum atomic E-state index is 10.9. The summed E-state index contributed by atoms with van der Waals surface area (Å²) in [7, 11) is 0. The summed E-state index contributed by atoms with van der Waals surface area (Å²) in [4.78, 5) is 25.1.